The Kier molecular flexibility index (Phi) is 3.90. The minimum Gasteiger partial charge on any atom is -0.370 e. The Hall–Kier alpha value is -1.81. The molecule has 4 heteroatoms. The molecule has 0 amide bonds. The van der Waals surface area contributed by atoms with Gasteiger partial charge in [-0.25, -0.2) is 8.42 Å². The standard InChI is InChI=1S/C8H10.C7H7NO2S/c1-7-5-3-4-6-8(7)2;9-11(10)5-8-6-3-1-2-4-7(6)11/h3-6H,1-2H3;1-4,8H,5H2. The van der Waals surface area contributed by atoms with Crippen LogP contribution in [0.2, 0.25) is 0 Å². The number of anilines is 1. The van der Waals surface area contributed by atoms with E-state index in [1.807, 2.05) is 6.07 Å². The summed E-state index contributed by atoms with van der Waals surface area (Å²) in [7, 11) is -3.02. The molecule has 0 unspecified atom stereocenters. The van der Waals surface area contributed by atoms with Crippen LogP contribution < -0.4 is 5.32 Å². The highest BCUT2D eigenvalue weighted by Gasteiger charge is 2.24. The van der Waals surface area contributed by atoms with Crippen molar-refractivity contribution in [2.24, 2.45) is 0 Å². The molecule has 0 bridgehead atoms. The van der Waals surface area contributed by atoms with Crippen LogP contribution in [0.15, 0.2) is 53.4 Å². The predicted octanol–water partition coefficient (Wildman–Crippen LogP) is 3.15. The molecular formula is C15H17NO2S. The fourth-order valence-electron chi connectivity index (χ4n) is 1.80. The predicted molar refractivity (Wildman–Crippen MR) is 78.0 cm³/mol. The van der Waals surface area contributed by atoms with Gasteiger partial charge in [-0.2, -0.15) is 0 Å². The van der Waals surface area contributed by atoms with Crippen molar-refractivity contribution in [1.29, 1.82) is 0 Å². The van der Waals surface area contributed by atoms with E-state index in [0.717, 1.165) is 0 Å². The van der Waals surface area contributed by atoms with Crippen LogP contribution >= 0.6 is 0 Å². The number of para-hydroxylation sites is 1. The van der Waals surface area contributed by atoms with Crippen LogP contribution in [0, 0.1) is 13.8 Å². The van der Waals surface area contributed by atoms with Crippen LogP contribution in [-0.2, 0) is 9.84 Å². The maximum absolute atomic E-state index is 11.2. The normalized spacial score (nSPS) is 14.8. The first-order valence-corrected chi connectivity index (χ1v) is 7.74. The average Bonchev–Trinajstić information content (AvgIpc) is 2.71. The summed E-state index contributed by atoms with van der Waals surface area (Å²) < 4.78 is 22.4. The Morgan fingerprint density at radius 2 is 1.42 bits per heavy atom. The Bertz CT molecular complexity index is 657. The van der Waals surface area contributed by atoms with Gasteiger partial charge in [-0.3, -0.25) is 0 Å². The number of fused-ring (bicyclic) bond motifs is 1. The summed E-state index contributed by atoms with van der Waals surface area (Å²) >= 11 is 0. The molecule has 1 N–H and O–H groups in total. The van der Waals surface area contributed by atoms with Gasteiger partial charge in [0.2, 0.25) is 0 Å². The van der Waals surface area contributed by atoms with Gasteiger partial charge in [-0.15, -0.1) is 0 Å². The first kappa shape index (κ1) is 13.6. The molecule has 100 valence electrons. The van der Waals surface area contributed by atoms with Crippen LogP contribution in [0.5, 0.6) is 0 Å². The van der Waals surface area contributed by atoms with Crippen LogP contribution in [0.4, 0.5) is 5.69 Å². The topological polar surface area (TPSA) is 46.2 Å². The fourth-order valence-corrected chi connectivity index (χ4v) is 3.06. The molecule has 2 aromatic carbocycles. The van der Waals surface area contributed by atoms with Gasteiger partial charge < -0.3 is 5.32 Å². The minimum atomic E-state index is -3.02. The van der Waals surface area contributed by atoms with Crippen molar-refractivity contribution in [2.75, 3.05) is 11.2 Å². The lowest BCUT2D eigenvalue weighted by molar-refractivity contribution is 0.601. The summed E-state index contributed by atoms with van der Waals surface area (Å²) in [6.45, 7) is 4.24. The molecule has 0 fully saturated rings. The maximum atomic E-state index is 11.2. The van der Waals surface area contributed by atoms with E-state index < -0.39 is 9.84 Å². The third-order valence-corrected chi connectivity index (χ3v) is 4.65. The lowest BCUT2D eigenvalue weighted by Crippen LogP contribution is -2.02. The molecule has 0 aliphatic carbocycles. The third kappa shape index (κ3) is 3.15. The summed E-state index contributed by atoms with van der Waals surface area (Å²) in [4.78, 5) is 0.417. The number of benzene rings is 2. The molecule has 3 nitrogen and oxygen atoms in total. The molecule has 1 aliphatic heterocycles. The summed E-state index contributed by atoms with van der Waals surface area (Å²) in [6, 6.07) is 15.3. The largest absolute Gasteiger partial charge is 0.370 e. The SMILES string of the molecule is Cc1ccccc1C.O=S1(=O)CNc2ccccc21. The second-order valence-electron chi connectivity index (χ2n) is 4.52. The van der Waals surface area contributed by atoms with Crippen molar-refractivity contribution in [3.05, 3.63) is 59.7 Å². The molecule has 0 saturated heterocycles. The van der Waals surface area contributed by atoms with Crippen molar-refractivity contribution < 1.29 is 8.42 Å². The second-order valence-corrected chi connectivity index (χ2v) is 6.47. The van der Waals surface area contributed by atoms with Crippen molar-refractivity contribution >= 4 is 15.5 Å². The van der Waals surface area contributed by atoms with E-state index >= 15 is 0 Å². The van der Waals surface area contributed by atoms with Gasteiger partial charge in [0.15, 0.2) is 9.84 Å². The summed E-state index contributed by atoms with van der Waals surface area (Å²) in [6.07, 6.45) is 0. The third-order valence-electron chi connectivity index (χ3n) is 3.10. The fraction of sp³-hybridized carbons (Fsp3) is 0.200. The van der Waals surface area contributed by atoms with Crippen molar-refractivity contribution in [3.63, 3.8) is 0 Å². The molecule has 3 rings (SSSR count). The molecule has 0 saturated carbocycles. The van der Waals surface area contributed by atoms with Gasteiger partial charge >= 0.3 is 0 Å². The van der Waals surface area contributed by atoms with Crippen LogP contribution in [0.25, 0.3) is 0 Å². The van der Waals surface area contributed by atoms with E-state index in [-0.39, 0.29) is 5.88 Å². The number of rotatable bonds is 0. The molecule has 1 heterocycles. The van der Waals surface area contributed by atoms with E-state index in [1.54, 1.807) is 18.2 Å². The summed E-state index contributed by atoms with van der Waals surface area (Å²) in [5.74, 6) is 0.0341. The van der Waals surface area contributed by atoms with E-state index in [4.69, 9.17) is 0 Å². The molecule has 0 aromatic heterocycles. The zero-order chi connectivity index (χ0) is 13.9. The quantitative estimate of drug-likeness (QED) is 0.803. The highest BCUT2D eigenvalue weighted by molar-refractivity contribution is 7.92. The van der Waals surface area contributed by atoms with Gasteiger partial charge in [-0.1, -0.05) is 36.4 Å². The molecule has 0 radical (unpaired) electrons. The summed E-state index contributed by atoms with van der Waals surface area (Å²) in [5.41, 5.74) is 3.45. The van der Waals surface area contributed by atoms with E-state index in [2.05, 4.69) is 43.4 Å². The van der Waals surface area contributed by atoms with Crippen molar-refractivity contribution in [2.45, 2.75) is 18.7 Å². The summed E-state index contributed by atoms with van der Waals surface area (Å²) in [5, 5.41) is 2.80. The van der Waals surface area contributed by atoms with Gasteiger partial charge in [0.05, 0.1) is 10.6 Å². The first-order valence-electron chi connectivity index (χ1n) is 6.08. The van der Waals surface area contributed by atoms with Crippen LogP contribution in [-0.4, -0.2) is 14.3 Å². The monoisotopic (exact) mass is 275 g/mol. The number of hydrogen-bond donors (Lipinski definition) is 1. The molecule has 19 heavy (non-hydrogen) atoms. The minimum absolute atomic E-state index is 0.0341. The lowest BCUT2D eigenvalue weighted by atomic mass is 10.1. The molecule has 0 atom stereocenters. The average molecular weight is 275 g/mol. The lowest BCUT2D eigenvalue weighted by Gasteiger charge is -1.93. The Balaban J connectivity index is 0.000000148. The van der Waals surface area contributed by atoms with E-state index in [9.17, 15) is 8.42 Å². The van der Waals surface area contributed by atoms with Crippen LogP contribution in [0.3, 0.4) is 0 Å². The number of aryl methyl sites for hydroxylation is 2. The Morgan fingerprint density at radius 3 is 1.95 bits per heavy atom. The van der Waals surface area contributed by atoms with E-state index in [0.29, 0.717) is 10.6 Å². The Labute approximate surface area is 114 Å². The zero-order valence-corrected chi connectivity index (χ0v) is 11.9. The highest BCUT2D eigenvalue weighted by Crippen LogP contribution is 2.27. The molecule has 2 aromatic rings. The Morgan fingerprint density at radius 1 is 0.895 bits per heavy atom. The zero-order valence-electron chi connectivity index (χ0n) is 11.1. The van der Waals surface area contributed by atoms with Crippen molar-refractivity contribution in [3.8, 4) is 0 Å². The molecule has 1 aliphatic rings. The maximum Gasteiger partial charge on any atom is 0.198 e. The second kappa shape index (κ2) is 5.45. The first-order chi connectivity index (χ1) is 9.00. The van der Waals surface area contributed by atoms with Gasteiger partial charge in [0.1, 0.15) is 5.88 Å². The van der Waals surface area contributed by atoms with Gasteiger partial charge in [0, 0.05) is 0 Å². The highest BCUT2D eigenvalue weighted by atomic mass is 32.2. The number of nitrogens with one attached hydrogen (secondary N) is 1. The van der Waals surface area contributed by atoms with Crippen LogP contribution in [0.1, 0.15) is 11.1 Å². The smallest absolute Gasteiger partial charge is 0.198 e. The van der Waals surface area contributed by atoms with E-state index in [1.165, 1.54) is 11.1 Å². The molecular weight excluding hydrogens is 258 g/mol. The number of hydrogen-bond acceptors (Lipinski definition) is 3. The molecule has 0 spiro atoms. The van der Waals surface area contributed by atoms with Gasteiger partial charge in [-0.05, 0) is 37.1 Å². The number of sulfone groups is 1. The van der Waals surface area contributed by atoms with Gasteiger partial charge in [0.25, 0.3) is 0 Å². The van der Waals surface area contributed by atoms with Crippen molar-refractivity contribution in [1.82, 2.24) is 0 Å².